The van der Waals surface area contributed by atoms with Crippen LogP contribution in [-0.4, -0.2) is 40.8 Å². The van der Waals surface area contributed by atoms with E-state index in [2.05, 4.69) is 22.4 Å². The fraction of sp³-hybridized carbons (Fsp3) is 0.438. The van der Waals surface area contributed by atoms with Gasteiger partial charge in [-0.05, 0) is 31.7 Å². The van der Waals surface area contributed by atoms with Gasteiger partial charge < -0.3 is 14.8 Å². The van der Waals surface area contributed by atoms with Gasteiger partial charge in [-0.25, -0.2) is 0 Å². The van der Waals surface area contributed by atoms with Crippen molar-refractivity contribution >= 4 is 46.5 Å². The van der Waals surface area contributed by atoms with E-state index in [4.69, 9.17) is 9.47 Å². The standard InChI is InChI=1S/C16H21N3O3S3/c1-4-21-12-8-7-11(9-13(12)22-5-2)17-14(20)10-24-16-19-18-15(25-16)23-6-3/h7-9H,4-6,10H2,1-3H3,(H,17,20). The van der Waals surface area contributed by atoms with Crippen molar-refractivity contribution in [3.63, 3.8) is 0 Å². The molecule has 2 aromatic rings. The normalized spacial score (nSPS) is 10.5. The summed E-state index contributed by atoms with van der Waals surface area (Å²) in [5, 5.41) is 11.0. The Morgan fingerprint density at radius 1 is 1.08 bits per heavy atom. The molecule has 2 rings (SSSR count). The predicted octanol–water partition coefficient (Wildman–Crippen LogP) is 4.18. The zero-order valence-corrected chi connectivity index (χ0v) is 16.9. The van der Waals surface area contributed by atoms with Crippen LogP contribution in [-0.2, 0) is 4.79 Å². The Bertz CT molecular complexity index is 694. The van der Waals surface area contributed by atoms with Crippen molar-refractivity contribution in [2.24, 2.45) is 0 Å². The number of benzene rings is 1. The predicted molar refractivity (Wildman–Crippen MR) is 104 cm³/mol. The summed E-state index contributed by atoms with van der Waals surface area (Å²) >= 11 is 4.54. The zero-order valence-electron chi connectivity index (χ0n) is 14.4. The van der Waals surface area contributed by atoms with E-state index in [0.717, 1.165) is 14.4 Å². The van der Waals surface area contributed by atoms with Gasteiger partial charge >= 0.3 is 0 Å². The van der Waals surface area contributed by atoms with Crippen LogP contribution in [0.25, 0.3) is 0 Å². The largest absolute Gasteiger partial charge is 0.490 e. The average molecular weight is 400 g/mol. The molecule has 1 heterocycles. The third-order valence-corrected chi connectivity index (χ3v) is 5.88. The van der Waals surface area contributed by atoms with Crippen molar-refractivity contribution in [1.82, 2.24) is 10.2 Å². The third kappa shape index (κ3) is 6.41. The number of rotatable bonds is 10. The number of ether oxygens (including phenoxy) is 2. The SMILES string of the molecule is CCOc1ccc(NC(=O)CSc2nnc(SCC)s2)cc1OCC. The van der Waals surface area contributed by atoms with Gasteiger partial charge in [-0.1, -0.05) is 41.8 Å². The van der Waals surface area contributed by atoms with E-state index in [-0.39, 0.29) is 11.7 Å². The number of nitrogens with zero attached hydrogens (tertiary/aromatic N) is 2. The van der Waals surface area contributed by atoms with Crippen LogP contribution in [0.1, 0.15) is 20.8 Å². The zero-order chi connectivity index (χ0) is 18.1. The molecule has 0 saturated carbocycles. The molecule has 0 aliphatic rings. The van der Waals surface area contributed by atoms with Crippen LogP contribution in [0.4, 0.5) is 5.69 Å². The maximum absolute atomic E-state index is 12.1. The first-order chi connectivity index (χ1) is 12.2. The lowest BCUT2D eigenvalue weighted by Crippen LogP contribution is -2.14. The van der Waals surface area contributed by atoms with E-state index in [1.807, 2.05) is 13.8 Å². The molecule has 0 atom stereocenters. The van der Waals surface area contributed by atoms with E-state index in [1.165, 1.54) is 23.1 Å². The number of carbonyl (C=O) groups excluding carboxylic acids is 1. The van der Waals surface area contributed by atoms with E-state index >= 15 is 0 Å². The lowest BCUT2D eigenvalue weighted by molar-refractivity contribution is -0.113. The maximum atomic E-state index is 12.1. The first-order valence-corrected chi connectivity index (χ1v) is 10.7. The lowest BCUT2D eigenvalue weighted by Gasteiger charge is -2.12. The molecule has 0 bridgehead atoms. The number of hydrogen-bond acceptors (Lipinski definition) is 8. The Balaban J connectivity index is 1.91. The molecular formula is C16H21N3O3S3. The molecule has 0 saturated heterocycles. The second kappa shape index (κ2) is 10.5. The summed E-state index contributed by atoms with van der Waals surface area (Å²) in [7, 11) is 0. The summed E-state index contributed by atoms with van der Waals surface area (Å²) < 4.78 is 12.8. The van der Waals surface area contributed by atoms with Crippen LogP contribution in [0.15, 0.2) is 26.9 Å². The minimum Gasteiger partial charge on any atom is -0.490 e. The Labute approximate surface area is 160 Å². The number of aromatic nitrogens is 2. The first-order valence-electron chi connectivity index (χ1n) is 7.94. The van der Waals surface area contributed by atoms with Crippen molar-refractivity contribution in [2.75, 3.05) is 30.0 Å². The fourth-order valence-electron chi connectivity index (χ4n) is 1.89. The first kappa shape index (κ1) is 19.9. The molecular weight excluding hydrogens is 378 g/mol. The van der Waals surface area contributed by atoms with Crippen molar-refractivity contribution in [1.29, 1.82) is 0 Å². The Morgan fingerprint density at radius 2 is 1.76 bits per heavy atom. The number of anilines is 1. The molecule has 1 aromatic heterocycles. The number of carbonyl (C=O) groups is 1. The Hall–Kier alpha value is -1.45. The van der Waals surface area contributed by atoms with Crippen molar-refractivity contribution < 1.29 is 14.3 Å². The highest BCUT2D eigenvalue weighted by Crippen LogP contribution is 2.31. The van der Waals surface area contributed by atoms with Crippen LogP contribution in [0.3, 0.4) is 0 Å². The van der Waals surface area contributed by atoms with Crippen molar-refractivity contribution in [2.45, 2.75) is 29.5 Å². The van der Waals surface area contributed by atoms with Gasteiger partial charge in [0, 0.05) is 11.8 Å². The fourth-order valence-corrected chi connectivity index (χ4v) is 4.61. The van der Waals surface area contributed by atoms with Gasteiger partial charge in [0.2, 0.25) is 5.91 Å². The topological polar surface area (TPSA) is 73.3 Å². The second-order valence-corrected chi connectivity index (χ2v) is 8.34. The molecule has 0 aliphatic carbocycles. The molecule has 9 heteroatoms. The Morgan fingerprint density at radius 3 is 2.44 bits per heavy atom. The van der Waals surface area contributed by atoms with Crippen molar-refractivity contribution in [3.8, 4) is 11.5 Å². The summed E-state index contributed by atoms with van der Waals surface area (Å²) in [5.74, 6) is 2.44. The average Bonchev–Trinajstić information content (AvgIpc) is 3.04. The molecule has 0 unspecified atom stereocenters. The van der Waals surface area contributed by atoms with Gasteiger partial charge in [0.25, 0.3) is 0 Å². The quantitative estimate of drug-likeness (QED) is 0.601. The maximum Gasteiger partial charge on any atom is 0.234 e. The molecule has 136 valence electrons. The molecule has 0 fully saturated rings. The van der Waals surface area contributed by atoms with Gasteiger partial charge in [0.05, 0.1) is 19.0 Å². The molecule has 1 N–H and O–H groups in total. The number of nitrogens with one attached hydrogen (secondary N) is 1. The highest BCUT2D eigenvalue weighted by molar-refractivity contribution is 8.03. The highest BCUT2D eigenvalue weighted by Gasteiger charge is 2.11. The summed E-state index contributed by atoms with van der Waals surface area (Å²) in [5.41, 5.74) is 0.678. The monoisotopic (exact) mass is 399 g/mol. The van der Waals surface area contributed by atoms with E-state index in [9.17, 15) is 4.79 Å². The Kier molecular flexibility index (Phi) is 8.36. The van der Waals surface area contributed by atoms with Crippen LogP contribution >= 0.6 is 34.9 Å². The van der Waals surface area contributed by atoms with Gasteiger partial charge in [-0.15, -0.1) is 10.2 Å². The smallest absolute Gasteiger partial charge is 0.234 e. The summed E-state index contributed by atoms with van der Waals surface area (Å²) in [4.78, 5) is 12.1. The van der Waals surface area contributed by atoms with Gasteiger partial charge in [-0.2, -0.15) is 0 Å². The minimum absolute atomic E-state index is 0.100. The number of amides is 1. The molecule has 0 spiro atoms. The number of thioether (sulfide) groups is 2. The van der Waals surface area contributed by atoms with E-state index in [1.54, 1.807) is 30.0 Å². The number of hydrogen-bond donors (Lipinski definition) is 1. The van der Waals surface area contributed by atoms with Gasteiger partial charge in [0.1, 0.15) is 0 Å². The molecule has 1 amide bonds. The molecule has 6 nitrogen and oxygen atoms in total. The molecule has 0 radical (unpaired) electrons. The summed E-state index contributed by atoms with van der Waals surface area (Å²) in [6, 6.07) is 5.38. The van der Waals surface area contributed by atoms with Crippen LogP contribution in [0, 0.1) is 0 Å². The van der Waals surface area contributed by atoms with Gasteiger partial charge in [-0.3, -0.25) is 4.79 Å². The third-order valence-electron chi connectivity index (χ3n) is 2.81. The van der Waals surface area contributed by atoms with Crippen LogP contribution in [0.5, 0.6) is 11.5 Å². The minimum atomic E-state index is -0.100. The summed E-state index contributed by atoms with van der Waals surface area (Å²) in [6.07, 6.45) is 0. The van der Waals surface area contributed by atoms with Gasteiger partial charge in [0.15, 0.2) is 20.2 Å². The molecule has 1 aromatic carbocycles. The van der Waals surface area contributed by atoms with Crippen molar-refractivity contribution in [3.05, 3.63) is 18.2 Å². The lowest BCUT2D eigenvalue weighted by atomic mass is 10.2. The highest BCUT2D eigenvalue weighted by atomic mass is 32.2. The summed E-state index contributed by atoms with van der Waals surface area (Å²) in [6.45, 7) is 6.98. The van der Waals surface area contributed by atoms with Crippen LogP contribution in [0.2, 0.25) is 0 Å². The van der Waals surface area contributed by atoms with E-state index in [0.29, 0.717) is 30.4 Å². The van der Waals surface area contributed by atoms with E-state index < -0.39 is 0 Å². The second-order valence-electron chi connectivity index (χ2n) is 4.63. The molecule has 0 aliphatic heterocycles. The van der Waals surface area contributed by atoms with Crippen LogP contribution < -0.4 is 14.8 Å². The molecule has 25 heavy (non-hydrogen) atoms.